The van der Waals surface area contributed by atoms with Crippen LogP contribution in [-0.4, -0.2) is 24.0 Å². The molecule has 0 unspecified atom stereocenters. The van der Waals surface area contributed by atoms with Crippen LogP contribution in [0.1, 0.15) is 30.9 Å². The molecule has 3 aromatic rings. The van der Waals surface area contributed by atoms with Gasteiger partial charge in [0.25, 0.3) is 11.8 Å². The van der Waals surface area contributed by atoms with Gasteiger partial charge in [-0.25, -0.2) is 0 Å². The molecule has 0 saturated carbocycles. The summed E-state index contributed by atoms with van der Waals surface area (Å²) in [7, 11) is 1.58. The lowest BCUT2D eigenvalue weighted by atomic mass is 10.00. The topological polar surface area (TPSA) is 49.9 Å². The highest BCUT2D eigenvalue weighted by Crippen LogP contribution is 2.31. The standard InChI is InChI=1S/C27H24N2O3S/c1-18(2)20-11-9-19(10-12-20)17-24-25(30)28(21-7-5-4-6-8-21)27(33)29(26(24)31)22-13-15-23(32-3)16-14-22/h4-18H,1-3H3/b24-17-. The van der Waals surface area contributed by atoms with E-state index in [0.717, 1.165) is 5.56 Å². The molecule has 1 heterocycles. The zero-order chi connectivity index (χ0) is 23.5. The van der Waals surface area contributed by atoms with E-state index in [9.17, 15) is 9.59 Å². The third kappa shape index (κ3) is 4.43. The van der Waals surface area contributed by atoms with Gasteiger partial charge in [-0.2, -0.15) is 0 Å². The molecule has 1 aliphatic heterocycles. The van der Waals surface area contributed by atoms with Crippen molar-refractivity contribution in [3.8, 4) is 5.75 Å². The number of ether oxygens (including phenoxy) is 1. The number of carbonyl (C=O) groups is 2. The van der Waals surface area contributed by atoms with Crippen molar-refractivity contribution in [3.05, 3.63) is 95.6 Å². The molecule has 166 valence electrons. The molecule has 3 aromatic carbocycles. The van der Waals surface area contributed by atoms with Gasteiger partial charge < -0.3 is 4.74 Å². The molecule has 1 fully saturated rings. The number of benzene rings is 3. The molecule has 1 aliphatic rings. The number of methoxy groups -OCH3 is 1. The van der Waals surface area contributed by atoms with E-state index in [4.69, 9.17) is 17.0 Å². The van der Waals surface area contributed by atoms with Crippen molar-refractivity contribution in [2.45, 2.75) is 19.8 Å². The van der Waals surface area contributed by atoms with E-state index in [1.54, 1.807) is 49.6 Å². The van der Waals surface area contributed by atoms with Gasteiger partial charge in [0.05, 0.1) is 18.5 Å². The zero-order valence-corrected chi connectivity index (χ0v) is 19.5. The second-order valence-electron chi connectivity index (χ2n) is 7.98. The Labute approximate surface area is 198 Å². The first-order chi connectivity index (χ1) is 15.9. The SMILES string of the molecule is COc1ccc(N2C(=O)/C(=C\c3ccc(C(C)C)cc3)C(=O)N(c3ccccc3)C2=S)cc1. The third-order valence-electron chi connectivity index (χ3n) is 5.51. The molecule has 0 atom stereocenters. The van der Waals surface area contributed by atoms with Gasteiger partial charge in [0.2, 0.25) is 0 Å². The Balaban J connectivity index is 1.81. The zero-order valence-electron chi connectivity index (χ0n) is 18.7. The van der Waals surface area contributed by atoms with Crippen LogP contribution in [0.25, 0.3) is 6.08 Å². The first kappa shape index (κ1) is 22.4. The maximum Gasteiger partial charge on any atom is 0.270 e. The number of anilines is 2. The van der Waals surface area contributed by atoms with Crippen LogP contribution < -0.4 is 14.5 Å². The fourth-order valence-electron chi connectivity index (χ4n) is 3.64. The molecule has 33 heavy (non-hydrogen) atoms. The van der Waals surface area contributed by atoms with Crippen molar-refractivity contribution in [3.63, 3.8) is 0 Å². The number of hydrogen-bond acceptors (Lipinski definition) is 4. The molecule has 0 radical (unpaired) electrons. The van der Waals surface area contributed by atoms with Crippen molar-refractivity contribution >= 4 is 46.6 Å². The maximum atomic E-state index is 13.5. The van der Waals surface area contributed by atoms with E-state index in [1.807, 2.05) is 42.5 Å². The molecular formula is C27H24N2O3S. The van der Waals surface area contributed by atoms with Gasteiger partial charge in [0.15, 0.2) is 5.11 Å². The number of thiocarbonyl (C=S) groups is 1. The molecule has 0 spiro atoms. The fourth-order valence-corrected chi connectivity index (χ4v) is 4.01. The van der Waals surface area contributed by atoms with Gasteiger partial charge in [-0.15, -0.1) is 0 Å². The average Bonchev–Trinajstić information content (AvgIpc) is 2.83. The lowest BCUT2D eigenvalue weighted by Gasteiger charge is -2.36. The summed E-state index contributed by atoms with van der Waals surface area (Å²) in [6.07, 6.45) is 1.63. The van der Waals surface area contributed by atoms with Crippen LogP contribution >= 0.6 is 12.2 Å². The molecule has 4 rings (SSSR count). The minimum absolute atomic E-state index is 0.0422. The Kier molecular flexibility index (Phi) is 6.38. The summed E-state index contributed by atoms with van der Waals surface area (Å²) in [5.74, 6) is 0.136. The second kappa shape index (κ2) is 9.38. The third-order valence-corrected chi connectivity index (χ3v) is 5.87. The minimum atomic E-state index is -0.463. The number of nitrogens with zero attached hydrogens (tertiary/aromatic N) is 2. The lowest BCUT2D eigenvalue weighted by molar-refractivity contribution is -0.120. The van der Waals surface area contributed by atoms with Crippen molar-refractivity contribution in [2.75, 3.05) is 16.9 Å². The molecule has 0 aromatic heterocycles. The van der Waals surface area contributed by atoms with E-state index in [2.05, 4.69) is 13.8 Å². The Morgan fingerprint density at radius 2 is 1.33 bits per heavy atom. The van der Waals surface area contributed by atoms with Crippen LogP contribution in [0.2, 0.25) is 0 Å². The van der Waals surface area contributed by atoms with Crippen molar-refractivity contribution in [1.29, 1.82) is 0 Å². The van der Waals surface area contributed by atoms with Crippen LogP contribution in [-0.2, 0) is 9.59 Å². The molecule has 2 amide bonds. The Hall–Kier alpha value is -3.77. The Morgan fingerprint density at radius 3 is 1.85 bits per heavy atom. The van der Waals surface area contributed by atoms with Crippen molar-refractivity contribution in [2.24, 2.45) is 0 Å². The van der Waals surface area contributed by atoms with Gasteiger partial charge in [-0.3, -0.25) is 19.4 Å². The van der Waals surface area contributed by atoms with E-state index in [-0.39, 0.29) is 10.7 Å². The van der Waals surface area contributed by atoms with Crippen LogP contribution in [0.15, 0.2) is 84.4 Å². The largest absolute Gasteiger partial charge is 0.497 e. The van der Waals surface area contributed by atoms with Crippen molar-refractivity contribution in [1.82, 2.24) is 0 Å². The molecule has 5 nitrogen and oxygen atoms in total. The van der Waals surface area contributed by atoms with Gasteiger partial charge in [-0.1, -0.05) is 56.3 Å². The summed E-state index contributed by atoms with van der Waals surface area (Å²) < 4.78 is 5.23. The summed E-state index contributed by atoms with van der Waals surface area (Å²) in [6.45, 7) is 4.24. The first-order valence-corrected chi connectivity index (χ1v) is 11.0. The predicted molar refractivity (Wildman–Crippen MR) is 136 cm³/mol. The van der Waals surface area contributed by atoms with Crippen LogP contribution in [0, 0.1) is 0 Å². The minimum Gasteiger partial charge on any atom is -0.497 e. The van der Waals surface area contributed by atoms with Crippen LogP contribution in [0.4, 0.5) is 11.4 Å². The van der Waals surface area contributed by atoms with Gasteiger partial charge in [0, 0.05) is 0 Å². The number of rotatable bonds is 5. The maximum absolute atomic E-state index is 13.5. The van der Waals surface area contributed by atoms with Crippen LogP contribution in [0.5, 0.6) is 5.75 Å². The summed E-state index contributed by atoms with van der Waals surface area (Å²) >= 11 is 5.64. The lowest BCUT2D eigenvalue weighted by Crippen LogP contribution is -2.56. The highest BCUT2D eigenvalue weighted by molar-refractivity contribution is 7.81. The monoisotopic (exact) mass is 456 g/mol. The van der Waals surface area contributed by atoms with E-state index in [0.29, 0.717) is 23.0 Å². The fraction of sp³-hybridized carbons (Fsp3) is 0.148. The van der Waals surface area contributed by atoms with Crippen LogP contribution in [0.3, 0.4) is 0 Å². The van der Waals surface area contributed by atoms with Gasteiger partial charge in [-0.05, 0) is 71.7 Å². The highest BCUT2D eigenvalue weighted by Gasteiger charge is 2.41. The smallest absolute Gasteiger partial charge is 0.270 e. The van der Waals surface area contributed by atoms with E-state index >= 15 is 0 Å². The van der Waals surface area contributed by atoms with Gasteiger partial charge >= 0.3 is 0 Å². The Morgan fingerprint density at radius 1 is 0.788 bits per heavy atom. The number of hydrogen-bond donors (Lipinski definition) is 0. The molecule has 1 saturated heterocycles. The number of carbonyl (C=O) groups excluding carboxylic acids is 2. The summed E-state index contributed by atoms with van der Waals surface area (Å²) in [5, 5.41) is 0.105. The molecule has 0 bridgehead atoms. The molecule has 0 N–H and O–H groups in total. The quantitative estimate of drug-likeness (QED) is 0.286. The Bertz CT molecular complexity index is 1220. The summed E-state index contributed by atoms with van der Waals surface area (Å²) in [5.41, 5.74) is 3.15. The second-order valence-corrected chi connectivity index (χ2v) is 8.34. The number of para-hydroxylation sites is 1. The predicted octanol–water partition coefficient (Wildman–Crippen LogP) is 5.57. The van der Waals surface area contributed by atoms with Crippen molar-refractivity contribution < 1.29 is 14.3 Å². The van der Waals surface area contributed by atoms with Gasteiger partial charge in [0.1, 0.15) is 11.3 Å². The summed E-state index contributed by atoms with van der Waals surface area (Å²) in [4.78, 5) is 29.8. The number of amides is 2. The highest BCUT2D eigenvalue weighted by atomic mass is 32.1. The first-order valence-electron chi connectivity index (χ1n) is 10.6. The van der Waals surface area contributed by atoms with E-state index in [1.165, 1.54) is 15.4 Å². The average molecular weight is 457 g/mol. The molecular weight excluding hydrogens is 432 g/mol. The molecule has 6 heteroatoms. The summed E-state index contributed by atoms with van der Waals surface area (Å²) in [6, 6.07) is 24.0. The normalized spacial score (nSPS) is 15.5. The van der Waals surface area contributed by atoms with E-state index < -0.39 is 11.8 Å². The molecule has 0 aliphatic carbocycles.